The molecule has 3 heterocycles. The Hall–Kier alpha value is -5.32. The lowest BCUT2D eigenvalue weighted by Crippen LogP contribution is -2.42. The third kappa shape index (κ3) is 4.19. The second kappa shape index (κ2) is 9.53. The van der Waals surface area contributed by atoms with E-state index in [0.717, 1.165) is 12.1 Å². The summed E-state index contributed by atoms with van der Waals surface area (Å²) >= 11 is 0. The minimum atomic E-state index is -1.53. The average molecular weight is 526 g/mol. The summed E-state index contributed by atoms with van der Waals surface area (Å²) in [7, 11) is 0. The van der Waals surface area contributed by atoms with Gasteiger partial charge in [0.15, 0.2) is 5.65 Å². The van der Waals surface area contributed by atoms with E-state index in [1.807, 2.05) is 0 Å². The number of hydrogen-bond acceptors (Lipinski definition) is 5. The number of carbonyl (C=O) groups excluding carboxylic acids is 2. The highest BCUT2D eigenvalue weighted by atomic mass is 19.1. The van der Waals surface area contributed by atoms with Gasteiger partial charge in [0.25, 0.3) is 11.8 Å². The van der Waals surface area contributed by atoms with Gasteiger partial charge < -0.3 is 10.6 Å². The SMILES string of the molecule is O=C(N[C@H]1N=C(c2ccccc2)c2cccc(F)c2NC1=O)c1c(-c2c(F)cccc2F)nn2cccnc12. The van der Waals surface area contributed by atoms with Gasteiger partial charge in [0, 0.05) is 23.5 Å². The molecule has 0 saturated carbocycles. The van der Waals surface area contributed by atoms with E-state index in [4.69, 9.17) is 0 Å². The van der Waals surface area contributed by atoms with Crippen molar-refractivity contribution in [3.8, 4) is 11.3 Å². The van der Waals surface area contributed by atoms with Crippen molar-refractivity contribution >= 4 is 28.9 Å². The fraction of sp³-hybridized carbons (Fsp3) is 0.0357. The van der Waals surface area contributed by atoms with Crippen LogP contribution in [0.4, 0.5) is 18.9 Å². The molecule has 192 valence electrons. The van der Waals surface area contributed by atoms with Crippen LogP contribution in [0, 0.1) is 17.5 Å². The highest BCUT2D eigenvalue weighted by Crippen LogP contribution is 2.31. The maximum atomic E-state index is 14.8. The van der Waals surface area contributed by atoms with Crippen molar-refractivity contribution in [2.24, 2.45) is 4.99 Å². The number of halogens is 3. The zero-order chi connectivity index (χ0) is 27.1. The fourth-order valence-electron chi connectivity index (χ4n) is 4.41. The van der Waals surface area contributed by atoms with Gasteiger partial charge in [0.05, 0.1) is 17.0 Å². The van der Waals surface area contributed by atoms with Gasteiger partial charge in [-0.2, -0.15) is 5.10 Å². The molecule has 2 aromatic heterocycles. The van der Waals surface area contributed by atoms with E-state index in [9.17, 15) is 22.8 Å². The number of anilines is 1. The molecule has 2 N–H and O–H groups in total. The van der Waals surface area contributed by atoms with Gasteiger partial charge in [-0.3, -0.25) is 9.59 Å². The third-order valence-electron chi connectivity index (χ3n) is 6.16. The Kier molecular flexibility index (Phi) is 5.87. The second-order valence-electron chi connectivity index (χ2n) is 8.58. The first-order valence-electron chi connectivity index (χ1n) is 11.7. The molecule has 1 aliphatic heterocycles. The summed E-state index contributed by atoms with van der Waals surface area (Å²) < 4.78 is 45.5. The molecule has 0 spiro atoms. The summed E-state index contributed by atoms with van der Waals surface area (Å²) in [6, 6.07) is 17.8. The van der Waals surface area contributed by atoms with Crippen LogP contribution < -0.4 is 10.6 Å². The van der Waals surface area contributed by atoms with Crippen LogP contribution in [0.25, 0.3) is 16.9 Å². The van der Waals surface area contributed by atoms with Gasteiger partial charge in [0.2, 0.25) is 6.17 Å². The number of carbonyl (C=O) groups is 2. The lowest BCUT2D eigenvalue weighted by atomic mass is 10.0. The maximum Gasteiger partial charge on any atom is 0.269 e. The summed E-state index contributed by atoms with van der Waals surface area (Å²) in [5, 5.41) is 9.19. The summed E-state index contributed by atoms with van der Waals surface area (Å²) in [6.45, 7) is 0. The molecule has 6 rings (SSSR count). The Labute approximate surface area is 218 Å². The van der Waals surface area contributed by atoms with E-state index >= 15 is 0 Å². The molecular formula is C28H17F3N6O2. The molecular weight excluding hydrogens is 509 g/mol. The van der Waals surface area contributed by atoms with E-state index < -0.39 is 41.0 Å². The first-order chi connectivity index (χ1) is 18.9. The van der Waals surface area contributed by atoms with Crippen molar-refractivity contribution in [3.63, 3.8) is 0 Å². The number of para-hydroxylation sites is 1. The van der Waals surface area contributed by atoms with Crippen LogP contribution in [-0.2, 0) is 4.79 Å². The minimum absolute atomic E-state index is 0.00303. The van der Waals surface area contributed by atoms with E-state index in [2.05, 4.69) is 25.7 Å². The molecule has 3 aromatic carbocycles. The monoisotopic (exact) mass is 526 g/mol. The Morgan fingerprint density at radius 3 is 2.38 bits per heavy atom. The Bertz CT molecular complexity index is 1780. The summed E-state index contributed by atoms with van der Waals surface area (Å²) in [5.41, 5.74) is -0.0374. The topological polar surface area (TPSA) is 101 Å². The highest BCUT2D eigenvalue weighted by molar-refractivity contribution is 6.20. The molecule has 11 heteroatoms. The van der Waals surface area contributed by atoms with Gasteiger partial charge >= 0.3 is 0 Å². The van der Waals surface area contributed by atoms with Crippen LogP contribution >= 0.6 is 0 Å². The van der Waals surface area contributed by atoms with Crippen molar-refractivity contribution in [1.82, 2.24) is 19.9 Å². The van der Waals surface area contributed by atoms with Crippen molar-refractivity contribution in [1.29, 1.82) is 0 Å². The average Bonchev–Trinajstić information content (AvgIpc) is 3.24. The lowest BCUT2D eigenvalue weighted by molar-refractivity contribution is -0.117. The first-order valence-corrected chi connectivity index (χ1v) is 11.7. The molecule has 0 bridgehead atoms. The molecule has 0 unspecified atom stereocenters. The zero-order valence-corrected chi connectivity index (χ0v) is 19.9. The Balaban J connectivity index is 1.47. The molecule has 39 heavy (non-hydrogen) atoms. The fourth-order valence-corrected chi connectivity index (χ4v) is 4.41. The van der Waals surface area contributed by atoms with E-state index in [1.54, 1.807) is 36.4 Å². The maximum absolute atomic E-state index is 14.8. The Morgan fingerprint density at radius 2 is 1.62 bits per heavy atom. The lowest BCUT2D eigenvalue weighted by Gasteiger charge is -2.14. The van der Waals surface area contributed by atoms with E-state index in [0.29, 0.717) is 11.1 Å². The van der Waals surface area contributed by atoms with Crippen molar-refractivity contribution < 1.29 is 22.8 Å². The number of aliphatic imine (C=N–C) groups is 1. The van der Waals surface area contributed by atoms with Crippen LogP contribution in [-0.4, -0.2) is 38.3 Å². The van der Waals surface area contributed by atoms with Gasteiger partial charge in [-0.25, -0.2) is 27.7 Å². The number of rotatable bonds is 4. The van der Waals surface area contributed by atoms with E-state index in [-0.39, 0.29) is 28.3 Å². The molecule has 1 aliphatic rings. The van der Waals surface area contributed by atoms with Crippen LogP contribution in [0.1, 0.15) is 21.5 Å². The summed E-state index contributed by atoms with van der Waals surface area (Å²) in [6.07, 6.45) is 1.32. The number of nitrogens with one attached hydrogen (secondary N) is 2. The molecule has 0 radical (unpaired) electrons. The highest BCUT2D eigenvalue weighted by Gasteiger charge is 2.32. The van der Waals surface area contributed by atoms with Crippen molar-refractivity contribution in [3.05, 3.63) is 119 Å². The molecule has 5 aromatic rings. The van der Waals surface area contributed by atoms with Crippen molar-refractivity contribution in [2.75, 3.05) is 5.32 Å². The number of benzodiazepines with no additional fused rings is 1. The standard InChI is InChI=1S/C28H17F3N6O2/c29-17-10-5-11-18(30)20(17)24-21(26-32-13-6-14-37(26)36-24)27(38)35-25-28(39)34-23-16(9-4-12-19(23)31)22(33-25)15-7-2-1-3-8-15/h1-14,25H,(H,34,39)(H,35,38)/t25-/m1/s1. The van der Waals surface area contributed by atoms with Crippen LogP contribution in [0.2, 0.25) is 0 Å². The molecule has 0 saturated heterocycles. The largest absolute Gasteiger partial charge is 0.322 e. The molecule has 0 aliphatic carbocycles. The quantitative estimate of drug-likeness (QED) is 0.364. The molecule has 2 amide bonds. The number of hydrogen-bond donors (Lipinski definition) is 2. The normalized spacial score (nSPS) is 14.8. The summed E-state index contributed by atoms with van der Waals surface area (Å²) in [5.74, 6) is -4.28. The zero-order valence-electron chi connectivity index (χ0n) is 19.9. The van der Waals surface area contributed by atoms with Gasteiger partial charge in [-0.05, 0) is 24.3 Å². The van der Waals surface area contributed by atoms with Crippen molar-refractivity contribution in [2.45, 2.75) is 6.17 Å². The number of aromatic nitrogens is 3. The van der Waals surface area contributed by atoms with Gasteiger partial charge in [-0.15, -0.1) is 0 Å². The number of amides is 2. The first kappa shape index (κ1) is 24.0. The van der Waals surface area contributed by atoms with E-state index in [1.165, 1.54) is 41.2 Å². The Morgan fingerprint density at radius 1 is 0.897 bits per heavy atom. The van der Waals surface area contributed by atoms with Gasteiger partial charge in [-0.1, -0.05) is 48.5 Å². The molecule has 8 nitrogen and oxygen atoms in total. The van der Waals surface area contributed by atoms with Crippen LogP contribution in [0.5, 0.6) is 0 Å². The number of nitrogens with zero attached hydrogens (tertiary/aromatic N) is 4. The number of fused-ring (bicyclic) bond motifs is 2. The number of benzene rings is 3. The molecule has 1 atom stereocenters. The minimum Gasteiger partial charge on any atom is -0.322 e. The predicted molar refractivity (Wildman–Crippen MR) is 137 cm³/mol. The van der Waals surface area contributed by atoms with Crippen LogP contribution in [0.3, 0.4) is 0 Å². The third-order valence-corrected chi connectivity index (χ3v) is 6.16. The molecule has 0 fully saturated rings. The second-order valence-corrected chi connectivity index (χ2v) is 8.58. The predicted octanol–water partition coefficient (Wildman–Crippen LogP) is 4.36. The van der Waals surface area contributed by atoms with Gasteiger partial charge in [0.1, 0.15) is 28.7 Å². The smallest absolute Gasteiger partial charge is 0.269 e. The van der Waals surface area contributed by atoms with Crippen LogP contribution in [0.15, 0.2) is 90.2 Å². The summed E-state index contributed by atoms with van der Waals surface area (Å²) in [4.78, 5) is 35.5.